The van der Waals surface area contributed by atoms with Gasteiger partial charge in [0.1, 0.15) is 0 Å². The van der Waals surface area contributed by atoms with Gasteiger partial charge in [-0.15, -0.1) is 0 Å². The summed E-state index contributed by atoms with van der Waals surface area (Å²) in [6.45, 7) is 5.36. The molecule has 1 aromatic carbocycles. The molecule has 0 amide bonds. The lowest BCUT2D eigenvalue weighted by Gasteiger charge is -2.12. The molecule has 0 atom stereocenters. The highest BCUT2D eigenvalue weighted by Gasteiger charge is 2.12. The largest absolute Gasteiger partial charge is 0.493 e. The Balaban J connectivity index is 2.56. The number of esters is 1. The van der Waals surface area contributed by atoms with E-state index in [0.717, 1.165) is 19.3 Å². The number of benzene rings is 1. The first-order chi connectivity index (χ1) is 10.7. The molecule has 0 heterocycles. The van der Waals surface area contributed by atoms with Crippen molar-refractivity contribution in [1.29, 1.82) is 0 Å². The third kappa shape index (κ3) is 6.37. The molecule has 0 radical (unpaired) electrons. The Labute approximate surface area is 133 Å². The molecule has 4 nitrogen and oxygen atoms in total. The topological polar surface area (TPSA) is 44.8 Å². The Morgan fingerprint density at radius 2 is 1.73 bits per heavy atom. The van der Waals surface area contributed by atoms with Gasteiger partial charge in [0, 0.05) is 0 Å². The minimum atomic E-state index is -0.318. The van der Waals surface area contributed by atoms with Gasteiger partial charge in [0.2, 0.25) is 0 Å². The number of hydrogen-bond donors (Lipinski definition) is 0. The standard InChI is InChI=1S/C18H28O4/c1-4-6-8-9-13-21-16-11-10-15(14-17(16)20-3)18(19)22-12-7-5-2/h10-11,14H,4-9,12-13H2,1-3H3. The smallest absolute Gasteiger partial charge is 0.338 e. The van der Waals surface area contributed by atoms with E-state index < -0.39 is 0 Å². The lowest BCUT2D eigenvalue weighted by atomic mass is 10.2. The number of unbranched alkanes of at least 4 members (excludes halogenated alkanes) is 4. The lowest BCUT2D eigenvalue weighted by Crippen LogP contribution is -2.07. The molecule has 124 valence electrons. The van der Waals surface area contributed by atoms with Crippen LogP contribution in [0, 0.1) is 0 Å². The van der Waals surface area contributed by atoms with E-state index in [9.17, 15) is 4.79 Å². The summed E-state index contributed by atoms with van der Waals surface area (Å²) in [4.78, 5) is 11.9. The summed E-state index contributed by atoms with van der Waals surface area (Å²) in [6, 6.07) is 5.17. The van der Waals surface area contributed by atoms with Crippen molar-refractivity contribution in [1.82, 2.24) is 0 Å². The van der Waals surface area contributed by atoms with Crippen LogP contribution in [0.5, 0.6) is 11.5 Å². The minimum Gasteiger partial charge on any atom is -0.493 e. The molecular formula is C18H28O4. The van der Waals surface area contributed by atoms with Gasteiger partial charge in [-0.05, 0) is 31.0 Å². The van der Waals surface area contributed by atoms with E-state index in [4.69, 9.17) is 14.2 Å². The van der Waals surface area contributed by atoms with E-state index >= 15 is 0 Å². The molecule has 0 saturated carbocycles. The van der Waals surface area contributed by atoms with Crippen LogP contribution in [0.1, 0.15) is 62.7 Å². The second kappa shape index (κ2) is 10.9. The highest BCUT2D eigenvalue weighted by molar-refractivity contribution is 5.90. The van der Waals surface area contributed by atoms with Crippen molar-refractivity contribution in [2.24, 2.45) is 0 Å². The fourth-order valence-corrected chi connectivity index (χ4v) is 2.02. The second-order valence-corrected chi connectivity index (χ2v) is 5.26. The van der Waals surface area contributed by atoms with E-state index in [2.05, 4.69) is 13.8 Å². The van der Waals surface area contributed by atoms with Gasteiger partial charge in [-0.25, -0.2) is 4.79 Å². The van der Waals surface area contributed by atoms with Crippen molar-refractivity contribution in [3.8, 4) is 11.5 Å². The van der Waals surface area contributed by atoms with Gasteiger partial charge >= 0.3 is 5.97 Å². The molecule has 0 unspecified atom stereocenters. The van der Waals surface area contributed by atoms with Crippen LogP contribution in [0.25, 0.3) is 0 Å². The minimum absolute atomic E-state index is 0.318. The molecule has 22 heavy (non-hydrogen) atoms. The molecule has 0 aliphatic heterocycles. The predicted octanol–water partition coefficient (Wildman–Crippen LogP) is 4.61. The quantitative estimate of drug-likeness (QED) is 0.442. The van der Waals surface area contributed by atoms with Crippen LogP contribution in [-0.4, -0.2) is 26.3 Å². The molecule has 0 N–H and O–H groups in total. The van der Waals surface area contributed by atoms with Crippen molar-refractivity contribution < 1.29 is 19.0 Å². The summed E-state index contributed by atoms with van der Waals surface area (Å²) in [6.07, 6.45) is 6.50. The van der Waals surface area contributed by atoms with Crippen LogP contribution in [-0.2, 0) is 4.74 Å². The summed E-state index contributed by atoms with van der Waals surface area (Å²) in [5, 5.41) is 0. The Bertz CT molecular complexity index is 443. The van der Waals surface area contributed by atoms with Crippen LogP contribution < -0.4 is 9.47 Å². The zero-order valence-corrected chi connectivity index (χ0v) is 14.0. The molecule has 0 aromatic heterocycles. The number of carbonyl (C=O) groups is 1. The zero-order chi connectivity index (χ0) is 16.2. The van der Waals surface area contributed by atoms with Crippen molar-refractivity contribution >= 4 is 5.97 Å². The highest BCUT2D eigenvalue weighted by atomic mass is 16.5. The molecule has 0 bridgehead atoms. The third-order valence-corrected chi connectivity index (χ3v) is 3.39. The molecule has 0 fully saturated rings. The fourth-order valence-electron chi connectivity index (χ4n) is 2.02. The van der Waals surface area contributed by atoms with Gasteiger partial charge in [-0.3, -0.25) is 0 Å². The average Bonchev–Trinajstić information content (AvgIpc) is 2.54. The molecule has 0 spiro atoms. The summed E-state index contributed by atoms with van der Waals surface area (Å²) in [7, 11) is 1.57. The zero-order valence-electron chi connectivity index (χ0n) is 14.0. The van der Waals surface area contributed by atoms with Crippen LogP contribution in [0.3, 0.4) is 0 Å². The maximum Gasteiger partial charge on any atom is 0.338 e. The molecule has 4 heteroatoms. The van der Waals surface area contributed by atoms with Gasteiger partial charge in [-0.1, -0.05) is 39.5 Å². The van der Waals surface area contributed by atoms with Crippen molar-refractivity contribution in [3.05, 3.63) is 23.8 Å². The third-order valence-electron chi connectivity index (χ3n) is 3.39. The van der Waals surface area contributed by atoms with Gasteiger partial charge in [0.25, 0.3) is 0 Å². The van der Waals surface area contributed by atoms with Gasteiger partial charge < -0.3 is 14.2 Å². The fraction of sp³-hybridized carbons (Fsp3) is 0.611. The molecule has 0 aliphatic rings. The monoisotopic (exact) mass is 308 g/mol. The maximum absolute atomic E-state index is 11.9. The Morgan fingerprint density at radius 3 is 2.41 bits per heavy atom. The van der Waals surface area contributed by atoms with Crippen molar-refractivity contribution in [3.63, 3.8) is 0 Å². The second-order valence-electron chi connectivity index (χ2n) is 5.26. The first-order valence-electron chi connectivity index (χ1n) is 8.20. The Morgan fingerprint density at radius 1 is 0.955 bits per heavy atom. The van der Waals surface area contributed by atoms with E-state index in [1.165, 1.54) is 19.3 Å². The number of carbonyl (C=O) groups excluding carboxylic acids is 1. The van der Waals surface area contributed by atoms with Crippen LogP contribution in [0.4, 0.5) is 0 Å². The Hall–Kier alpha value is -1.71. The summed E-state index contributed by atoms with van der Waals surface area (Å²) in [5.74, 6) is 0.922. The number of hydrogen-bond acceptors (Lipinski definition) is 4. The van der Waals surface area contributed by atoms with Crippen molar-refractivity contribution in [2.45, 2.75) is 52.4 Å². The van der Waals surface area contributed by atoms with E-state index in [0.29, 0.717) is 30.3 Å². The molecular weight excluding hydrogens is 280 g/mol. The molecule has 0 saturated heterocycles. The van der Waals surface area contributed by atoms with E-state index in [1.54, 1.807) is 25.3 Å². The molecule has 0 aliphatic carbocycles. The van der Waals surface area contributed by atoms with Gasteiger partial charge in [0.15, 0.2) is 11.5 Å². The maximum atomic E-state index is 11.9. The average molecular weight is 308 g/mol. The normalized spacial score (nSPS) is 10.3. The van der Waals surface area contributed by atoms with Gasteiger partial charge in [-0.2, -0.15) is 0 Å². The first-order valence-corrected chi connectivity index (χ1v) is 8.20. The van der Waals surface area contributed by atoms with E-state index in [-0.39, 0.29) is 5.97 Å². The van der Waals surface area contributed by atoms with Crippen LogP contribution >= 0.6 is 0 Å². The Kier molecular flexibility index (Phi) is 9.12. The lowest BCUT2D eigenvalue weighted by molar-refractivity contribution is 0.0499. The molecule has 1 aromatic rings. The summed E-state index contributed by atoms with van der Waals surface area (Å²) < 4.78 is 16.2. The number of rotatable bonds is 11. The summed E-state index contributed by atoms with van der Waals surface area (Å²) >= 11 is 0. The highest BCUT2D eigenvalue weighted by Crippen LogP contribution is 2.28. The predicted molar refractivity (Wildman–Crippen MR) is 87.8 cm³/mol. The number of methoxy groups -OCH3 is 1. The van der Waals surface area contributed by atoms with Gasteiger partial charge in [0.05, 0.1) is 25.9 Å². The van der Waals surface area contributed by atoms with Crippen LogP contribution in [0.15, 0.2) is 18.2 Å². The first kappa shape index (κ1) is 18.3. The summed E-state index contributed by atoms with van der Waals surface area (Å²) in [5.41, 5.74) is 0.492. The van der Waals surface area contributed by atoms with E-state index in [1.807, 2.05) is 0 Å². The molecule has 1 rings (SSSR count). The van der Waals surface area contributed by atoms with Crippen LogP contribution in [0.2, 0.25) is 0 Å². The van der Waals surface area contributed by atoms with Crippen molar-refractivity contribution in [2.75, 3.05) is 20.3 Å². The SMILES string of the molecule is CCCCCCOc1ccc(C(=O)OCCCC)cc1OC. The number of ether oxygens (including phenoxy) is 3.